The van der Waals surface area contributed by atoms with Crippen LogP contribution in [0.3, 0.4) is 0 Å². The topological polar surface area (TPSA) is 58.2 Å². The fraction of sp³-hybridized carbons (Fsp3) is 0.733. The molecule has 0 radical (unpaired) electrons. The van der Waals surface area contributed by atoms with Crippen LogP contribution in [-0.4, -0.2) is 36.8 Å². The molecule has 40 heavy (non-hydrogen) atoms. The lowest BCUT2D eigenvalue weighted by atomic mass is 9.75. The van der Waals surface area contributed by atoms with Crippen LogP contribution < -0.4 is 10.6 Å². The average Bonchev–Trinajstić information content (AvgIpc) is 3.09. The Morgan fingerprint density at radius 1 is 0.925 bits per heavy atom. The Morgan fingerprint density at radius 3 is 2.33 bits per heavy atom. The van der Waals surface area contributed by atoms with E-state index in [1.807, 2.05) is 13.0 Å². The largest absolute Gasteiger partial charge is 0.416 e. The highest BCUT2D eigenvalue weighted by atomic mass is 19.4. The minimum atomic E-state index is -4.81. The zero-order chi connectivity index (χ0) is 29.7. The highest BCUT2D eigenvalue weighted by Crippen LogP contribution is 2.45. The second kappa shape index (κ2) is 13.6. The van der Waals surface area contributed by atoms with Crippen molar-refractivity contribution in [2.75, 3.05) is 6.54 Å². The maximum Gasteiger partial charge on any atom is 0.416 e. The van der Waals surface area contributed by atoms with Crippen LogP contribution in [0.4, 0.5) is 26.3 Å². The van der Waals surface area contributed by atoms with Gasteiger partial charge >= 0.3 is 12.4 Å². The van der Waals surface area contributed by atoms with Gasteiger partial charge in [0.05, 0.1) is 11.5 Å². The van der Waals surface area contributed by atoms with Crippen molar-refractivity contribution in [1.29, 1.82) is 0 Å². The number of allylic oxidation sites excluding steroid dienone is 4. The van der Waals surface area contributed by atoms with Gasteiger partial charge in [-0.25, -0.2) is 0 Å². The third kappa shape index (κ3) is 8.87. The molecular formula is C30H42F6N2O2. The molecule has 0 aromatic rings. The van der Waals surface area contributed by atoms with E-state index >= 15 is 0 Å². The minimum Gasteiger partial charge on any atom is -0.353 e. The molecule has 1 aliphatic heterocycles. The molecule has 2 N–H and O–H groups in total. The molecule has 10 heteroatoms. The number of alkyl halides is 6. The number of hydrogen-bond acceptors (Lipinski definition) is 2. The van der Waals surface area contributed by atoms with Gasteiger partial charge in [-0.15, -0.1) is 0 Å². The summed E-state index contributed by atoms with van der Waals surface area (Å²) in [5, 5.41) is 5.45. The van der Waals surface area contributed by atoms with E-state index in [4.69, 9.17) is 0 Å². The summed E-state index contributed by atoms with van der Waals surface area (Å²) >= 11 is 0. The zero-order valence-electron chi connectivity index (χ0n) is 23.5. The molecule has 3 rings (SSSR count). The second-order valence-corrected chi connectivity index (χ2v) is 12.0. The first-order chi connectivity index (χ1) is 18.7. The summed E-state index contributed by atoms with van der Waals surface area (Å²) < 4.78 is 80.5. The lowest BCUT2D eigenvalue weighted by molar-refractivity contribution is -0.163. The Kier molecular flexibility index (Phi) is 11.0. The van der Waals surface area contributed by atoms with Gasteiger partial charge in [0.15, 0.2) is 0 Å². The number of amides is 2. The van der Waals surface area contributed by atoms with Gasteiger partial charge in [-0.1, -0.05) is 57.9 Å². The zero-order valence-corrected chi connectivity index (χ0v) is 23.5. The van der Waals surface area contributed by atoms with E-state index in [-0.39, 0.29) is 23.7 Å². The van der Waals surface area contributed by atoms with Crippen LogP contribution in [0.5, 0.6) is 0 Å². The monoisotopic (exact) mass is 576 g/mol. The Labute approximate surface area is 233 Å². The lowest BCUT2D eigenvalue weighted by Crippen LogP contribution is -2.41. The first-order valence-electron chi connectivity index (χ1n) is 14.5. The van der Waals surface area contributed by atoms with E-state index in [0.717, 1.165) is 38.5 Å². The van der Waals surface area contributed by atoms with Crippen LogP contribution >= 0.6 is 0 Å². The molecule has 2 aliphatic carbocycles. The van der Waals surface area contributed by atoms with Crippen LogP contribution in [0.1, 0.15) is 72.1 Å². The van der Waals surface area contributed by atoms with Crippen molar-refractivity contribution in [3.05, 3.63) is 36.0 Å². The van der Waals surface area contributed by atoms with Gasteiger partial charge in [0.25, 0.3) is 0 Å². The van der Waals surface area contributed by atoms with Gasteiger partial charge < -0.3 is 10.6 Å². The number of carbonyl (C=O) groups excluding carboxylic acids is 2. The summed E-state index contributed by atoms with van der Waals surface area (Å²) in [5.41, 5.74) is -1.18. The van der Waals surface area contributed by atoms with Gasteiger partial charge in [0.2, 0.25) is 11.8 Å². The molecule has 8 atom stereocenters. The molecule has 4 nitrogen and oxygen atoms in total. The molecule has 0 spiro atoms. The highest BCUT2D eigenvalue weighted by molar-refractivity contribution is 5.87. The van der Waals surface area contributed by atoms with Gasteiger partial charge in [-0.2, -0.15) is 26.3 Å². The molecule has 0 aromatic heterocycles. The van der Waals surface area contributed by atoms with E-state index in [9.17, 15) is 35.9 Å². The van der Waals surface area contributed by atoms with Gasteiger partial charge in [0, 0.05) is 18.5 Å². The summed E-state index contributed by atoms with van der Waals surface area (Å²) in [7, 11) is 0. The summed E-state index contributed by atoms with van der Waals surface area (Å²) in [5.74, 6) is -1.94. The highest BCUT2D eigenvalue weighted by Gasteiger charge is 2.44. The summed E-state index contributed by atoms with van der Waals surface area (Å²) in [6, 6.07) is -1.37. The number of halogens is 6. The molecule has 0 saturated heterocycles. The number of carbonyl (C=O) groups is 2. The lowest BCUT2D eigenvalue weighted by Gasteiger charge is -2.31. The minimum absolute atomic E-state index is 0.0404. The predicted molar refractivity (Wildman–Crippen MR) is 142 cm³/mol. The fourth-order valence-corrected chi connectivity index (χ4v) is 6.51. The summed E-state index contributed by atoms with van der Waals surface area (Å²) in [6.45, 7) is 6.83. The average molecular weight is 577 g/mol. The Bertz CT molecular complexity index is 970. The Hall–Kier alpha value is -2.26. The maximum atomic E-state index is 13.4. The van der Waals surface area contributed by atoms with Crippen LogP contribution in [0, 0.1) is 41.4 Å². The van der Waals surface area contributed by atoms with Crippen molar-refractivity contribution in [3.63, 3.8) is 0 Å². The molecule has 4 unspecified atom stereocenters. The van der Waals surface area contributed by atoms with Crippen LogP contribution in [0.2, 0.25) is 0 Å². The van der Waals surface area contributed by atoms with Crippen molar-refractivity contribution in [1.82, 2.24) is 10.6 Å². The molecule has 226 valence electrons. The number of hydrogen-bond donors (Lipinski definition) is 2. The molecule has 1 saturated carbocycles. The molecule has 0 aromatic carbocycles. The molecular weight excluding hydrogens is 534 g/mol. The fourth-order valence-electron chi connectivity index (χ4n) is 6.51. The number of nitrogens with one attached hydrogen (secondary N) is 2. The van der Waals surface area contributed by atoms with Crippen LogP contribution in [0.25, 0.3) is 0 Å². The smallest absolute Gasteiger partial charge is 0.353 e. The van der Waals surface area contributed by atoms with Crippen LogP contribution in [0.15, 0.2) is 36.0 Å². The van der Waals surface area contributed by atoms with Crippen molar-refractivity contribution in [2.24, 2.45) is 41.4 Å². The van der Waals surface area contributed by atoms with Crippen LogP contribution in [-0.2, 0) is 9.59 Å². The molecule has 1 fully saturated rings. The van der Waals surface area contributed by atoms with Crippen molar-refractivity contribution in [2.45, 2.75) is 90.5 Å². The predicted octanol–water partition coefficient (Wildman–Crippen LogP) is 7.29. The Morgan fingerprint density at radius 2 is 1.65 bits per heavy atom. The maximum absolute atomic E-state index is 13.4. The van der Waals surface area contributed by atoms with Gasteiger partial charge in [0.1, 0.15) is 0 Å². The van der Waals surface area contributed by atoms with E-state index in [0.29, 0.717) is 43.0 Å². The van der Waals surface area contributed by atoms with E-state index < -0.39 is 48.1 Å². The standard InChI is InChI=1S/C30H42F6N2O2/c1-18-7-9-21(6-4-5-15-37-27(39)14-8-19(18)2)25-12-13-26(20(25)3)28(40)38-24-16-22(29(31,32)33)10-11-23(17-24)30(34,35)36/h8,10-11,14,16,18-21,23-26H,4-7,9,12-13,15,17H2,1-3H3,(H,37,39)(H,38,40)/b14-8-/t18?,19-,20+,21?,23?,24?,25-,26+/m0/s1. The summed E-state index contributed by atoms with van der Waals surface area (Å²) in [6.07, 6.45) is 1.09. The first-order valence-corrected chi connectivity index (χ1v) is 14.5. The van der Waals surface area contributed by atoms with Gasteiger partial charge in [-0.05, 0) is 74.2 Å². The molecule has 3 aliphatic rings. The SMILES string of the molecule is CC1CCC([C@H]2CC[C@@H](C(=O)NC3C=C(C(F)(F)F)C=CC(C(F)(F)F)C3)[C@@H]2C)CCCCNC(=O)/C=C\[C@@H]1C. The number of rotatable bonds is 3. The molecule has 1 heterocycles. The van der Waals surface area contributed by atoms with Crippen molar-refractivity contribution in [3.8, 4) is 0 Å². The Balaban J connectivity index is 1.69. The third-order valence-electron chi connectivity index (χ3n) is 9.28. The first kappa shape index (κ1) is 32.3. The van der Waals surface area contributed by atoms with E-state index in [1.54, 1.807) is 6.08 Å². The third-order valence-corrected chi connectivity index (χ3v) is 9.28. The molecule has 2 amide bonds. The second-order valence-electron chi connectivity index (χ2n) is 12.0. The van der Waals surface area contributed by atoms with Gasteiger partial charge in [-0.3, -0.25) is 9.59 Å². The molecule has 0 bridgehead atoms. The summed E-state index contributed by atoms with van der Waals surface area (Å²) in [4.78, 5) is 25.3. The van der Waals surface area contributed by atoms with Crippen molar-refractivity contribution >= 4 is 11.8 Å². The van der Waals surface area contributed by atoms with Crippen molar-refractivity contribution < 1.29 is 35.9 Å². The quantitative estimate of drug-likeness (QED) is 0.347. The van der Waals surface area contributed by atoms with E-state index in [2.05, 4.69) is 24.5 Å². The normalized spacial score (nSPS) is 35.8. The van der Waals surface area contributed by atoms with E-state index in [1.165, 1.54) is 0 Å².